The fourth-order valence-electron chi connectivity index (χ4n) is 1.76. The van der Waals surface area contributed by atoms with E-state index in [9.17, 15) is 8.42 Å². The van der Waals surface area contributed by atoms with Gasteiger partial charge in [0.05, 0.1) is 0 Å². The number of rotatable bonds is 10. The Labute approximate surface area is 126 Å². The van der Waals surface area contributed by atoms with Crippen molar-refractivity contribution >= 4 is 10.0 Å². The maximum atomic E-state index is 12.3. The van der Waals surface area contributed by atoms with Crippen LogP contribution in [0.1, 0.15) is 38.4 Å². The first-order chi connectivity index (χ1) is 9.88. The van der Waals surface area contributed by atoms with Gasteiger partial charge in [-0.1, -0.05) is 13.8 Å². The van der Waals surface area contributed by atoms with Gasteiger partial charge in [-0.2, -0.15) is 5.10 Å². The Morgan fingerprint density at radius 1 is 1.38 bits per heavy atom. The SMILES string of the molecule is CCOCCCNS(=O)(=O)c1n[nH]c(C)c1CNC(C)C. The van der Waals surface area contributed by atoms with Crippen molar-refractivity contribution in [2.24, 2.45) is 0 Å². The van der Waals surface area contributed by atoms with Crippen molar-refractivity contribution in [2.45, 2.75) is 51.7 Å². The number of hydrogen-bond acceptors (Lipinski definition) is 5. The Hall–Kier alpha value is -0.960. The fourth-order valence-corrected chi connectivity index (χ4v) is 3.03. The van der Waals surface area contributed by atoms with Gasteiger partial charge in [-0.25, -0.2) is 13.1 Å². The van der Waals surface area contributed by atoms with Crippen molar-refractivity contribution < 1.29 is 13.2 Å². The molecule has 0 radical (unpaired) electrons. The summed E-state index contributed by atoms with van der Waals surface area (Å²) in [4.78, 5) is 0. The van der Waals surface area contributed by atoms with Crippen molar-refractivity contribution in [3.05, 3.63) is 11.3 Å². The van der Waals surface area contributed by atoms with E-state index >= 15 is 0 Å². The number of aromatic amines is 1. The normalized spacial score (nSPS) is 12.2. The number of nitrogens with one attached hydrogen (secondary N) is 3. The molecule has 8 heteroatoms. The van der Waals surface area contributed by atoms with Gasteiger partial charge in [0.1, 0.15) is 0 Å². The van der Waals surface area contributed by atoms with Crippen LogP contribution in [0.2, 0.25) is 0 Å². The lowest BCUT2D eigenvalue weighted by Crippen LogP contribution is -2.28. The minimum Gasteiger partial charge on any atom is -0.382 e. The second-order valence-corrected chi connectivity index (χ2v) is 6.80. The van der Waals surface area contributed by atoms with Gasteiger partial charge in [-0.05, 0) is 20.3 Å². The number of ether oxygens (including phenoxy) is 1. The van der Waals surface area contributed by atoms with Gasteiger partial charge >= 0.3 is 0 Å². The smallest absolute Gasteiger partial charge is 0.260 e. The minimum absolute atomic E-state index is 0.0737. The van der Waals surface area contributed by atoms with Crippen molar-refractivity contribution in [3.8, 4) is 0 Å². The van der Waals surface area contributed by atoms with E-state index in [2.05, 4.69) is 20.2 Å². The van der Waals surface area contributed by atoms with Gasteiger partial charge < -0.3 is 10.1 Å². The average molecular weight is 318 g/mol. The summed E-state index contributed by atoms with van der Waals surface area (Å²) in [6.07, 6.45) is 0.635. The first kappa shape index (κ1) is 18.1. The summed E-state index contributed by atoms with van der Waals surface area (Å²) in [7, 11) is -3.59. The third-order valence-corrected chi connectivity index (χ3v) is 4.37. The number of sulfonamides is 1. The molecular formula is C13H26N4O3S. The van der Waals surface area contributed by atoms with Crippen molar-refractivity contribution in [3.63, 3.8) is 0 Å². The highest BCUT2D eigenvalue weighted by Crippen LogP contribution is 2.16. The molecule has 0 unspecified atom stereocenters. The molecule has 0 atom stereocenters. The molecule has 0 fully saturated rings. The molecule has 122 valence electrons. The van der Waals surface area contributed by atoms with E-state index in [0.717, 1.165) is 5.69 Å². The van der Waals surface area contributed by atoms with Crippen LogP contribution in [0.3, 0.4) is 0 Å². The average Bonchev–Trinajstić information content (AvgIpc) is 2.78. The molecule has 0 bridgehead atoms. The molecule has 1 rings (SSSR count). The summed E-state index contributed by atoms with van der Waals surface area (Å²) >= 11 is 0. The zero-order chi connectivity index (χ0) is 15.9. The van der Waals surface area contributed by atoms with Crippen molar-refractivity contribution in [2.75, 3.05) is 19.8 Å². The molecule has 0 aliphatic carbocycles. The van der Waals surface area contributed by atoms with E-state index in [1.54, 1.807) is 0 Å². The fraction of sp³-hybridized carbons (Fsp3) is 0.769. The van der Waals surface area contributed by atoms with E-state index in [4.69, 9.17) is 4.74 Å². The van der Waals surface area contributed by atoms with Crippen LogP contribution in [0.5, 0.6) is 0 Å². The number of aryl methyl sites for hydroxylation is 1. The molecule has 0 aliphatic heterocycles. The Bertz CT molecular complexity index is 526. The van der Waals surface area contributed by atoms with Crippen LogP contribution in [0.15, 0.2) is 5.03 Å². The zero-order valence-corrected chi connectivity index (χ0v) is 14.0. The molecule has 0 aromatic carbocycles. The first-order valence-corrected chi connectivity index (χ1v) is 8.71. The Morgan fingerprint density at radius 3 is 2.71 bits per heavy atom. The van der Waals surface area contributed by atoms with E-state index < -0.39 is 10.0 Å². The summed E-state index contributed by atoms with van der Waals surface area (Å²) in [5.74, 6) is 0. The molecule has 3 N–H and O–H groups in total. The monoisotopic (exact) mass is 318 g/mol. The molecule has 0 aliphatic rings. The van der Waals surface area contributed by atoms with E-state index in [-0.39, 0.29) is 11.1 Å². The van der Waals surface area contributed by atoms with Gasteiger partial charge in [-0.15, -0.1) is 0 Å². The van der Waals surface area contributed by atoms with Gasteiger partial charge in [0.25, 0.3) is 10.0 Å². The standard InChI is InChI=1S/C13H26N4O3S/c1-5-20-8-6-7-15-21(18,19)13-12(9-14-10(2)3)11(4)16-17-13/h10,14-15H,5-9H2,1-4H3,(H,16,17). The molecule has 1 aromatic rings. The predicted octanol–water partition coefficient (Wildman–Crippen LogP) is 0.921. The number of hydrogen-bond donors (Lipinski definition) is 3. The summed E-state index contributed by atoms with van der Waals surface area (Å²) in [5, 5.41) is 9.96. The highest BCUT2D eigenvalue weighted by molar-refractivity contribution is 7.89. The number of H-pyrrole nitrogens is 1. The van der Waals surface area contributed by atoms with Crippen LogP contribution >= 0.6 is 0 Å². The summed E-state index contributed by atoms with van der Waals surface area (Å²) < 4.78 is 32.3. The Kier molecular flexibility index (Phi) is 7.30. The third kappa shape index (κ3) is 5.74. The van der Waals surface area contributed by atoms with Gasteiger partial charge in [-0.3, -0.25) is 5.10 Å². The molecule has 1 heterocycles. The summed E-state index contributed by atoms with van der Waals surface area (Å²) in [6.45, 7) is 9.73. The summed E-state index contributed by atoms with van der Waals surface area (Å²) in [5.41, 5.74) is 1.44. The Morgan fingerprint density at radius 2 is 2.10 bits per heavy atom. The molecule has 0 spiro atoms. The van der Waals surface area contributed by atoms with Crippen LogP contribution in [0, 0.1) is 6.92 Å². The highest BCUT2D eigenvalue weighted by atomic mass is 32.2. The first-order valence-electron chi connectivity index (χ1n) is 7.23. The lowest BCUT2D eigenvalue weighted by atomic mass is 10.2. The van der Waals surface area contributed by atoms with Crippen LogP contribution in [-0.4, -0.2) is 44.4 Å². The number of nitrogens with zero attached hydrogens (tertiary/aromatic N) is 1. The predicted molar refractivity (Wildman–Crippen MR) is 81.6 cm³/mol. The lowest BCUT2D eigenvalue weighted by Gasteiger charge is -2.10. The molecule has 1 aromatic heterocycles. The minimum atomic E-state index is -3.59. The van der Waals surface area contributed by atoms with Gasteiger partial charge in [0, 0.05) is 43.6 Å². The maximum Gasteiger partial charge on any atom is 0.260 e. The highest BCUT2D eigenvalue weighted by Gasteiger charge is 2.23. The second kappa shape index (κ2) is 8.47. The molecule has 21 heavy (non-hydrogen) atoms. The van der Waals surface area contributed by atoms with E-state index in [0.29, 0.717) is 38.3 Å². The maximum absolute atomic E-state index is 12.3. The van der Waals surface area contributed by atoms with Crippen molar-refractivity contribution in [1.82, 2.24) is 20.2 Å². The molecule has 0 saturated carbocycles. The van der Waals surface area contributed by atoms with Crippen molar-refractivity contribution in [1.29, 1.82) is 0 Å². The lowest BCUT2D eigenvalue weighted by molar-refractivity contribution is 0.146. The van der Waals surface area contributed by atoms with E-state index in [1.165, 1.54) is 0 Å². The quantitative estimate of drug-likeness (QED) is 0.558. The van der Waals surface area contributed by atoms with Crippen LogP contribution in [0.25, 0.3) is 0 Å². The zero-order valence-electron chi connectivity index (χ0n) is 13.2. The van der Waals surface area contributed by atoms with Gasteiger partial charge in [0.2, 0.25) is 0 Å². The third-order valence-electron chi connectivity index (χ3n) is 2.94. The molecule has 7 nitrogen and oxygen atoms in total. The van der Waals surface area contributed by atoms with E-state index in [1.807, 2.05) is 27.7 Å². The largest absolute Gasteiger partial charge is 0.382 e. The van der Waals surface area contributed by atoms with Crippen LogP contribution < -0.4 is 10.0 Å². The number of aromatic nitrogens is 2. The second-order valence-electron chi connectivity index (χ2n) is 5.12. The molecule has 0 amide bonds. The topological polar surface area (TPSA) is 96.1 Å². The molecule has 0 saturated heterocycles. The van der Waals surface area contributed by atoms with Crippen LogP contribution in [0.4, 0.5) is 0 Å². The summed E-state index contributed by atoms with van der Waals surface area (Å²) in [6, 6.07) is 0.272. The van der Waals surface area contributed by atoms with Gasteiger partial charge in [0.15, 0.2) is 5.03 Å². The molecular weight excluding hydrogens is 292 g/mol. The van der Waals surface area contributed by atoms with Crippen LogP contribution in [-0.2, 0) is 21.3 Å². The Balaban J connectivity index is 2.69.